The van der Waals surface area contributed by atoms with Crippen molar-refractivity contribution in [1.29, 1.82) is 0 Å². The molecular weight excluding hydrogens is 326 g/mol. The van der Waals surface area contributed by atoms with E-state index in [9.17, 15) is 12.8 Å². The fraction of sp³-hybridized carbons (Fsp3) is 0.417. The van der Waals surface area contributed by atoms with Gasteiger partial charge in [-0.1, -0.05) is 11.6 Å². The lowest BCUT2D eigenvalue weighted by molar-refractivity contribution is 0.554. The summed E-state index contributed by atoms with van der Waals surface area (Å²) in [5, 5.41) is -0.0133. The number of rotatable bonds is 2. The molecule has 2 aromatic rings. The maximum absolute atomic E-state index is 13.5. The van der Waals surface area contributed by atoms with Crippen LogP contribution in [-0.4, -0.2) is 29.5 Å². The number of fused-ring (bicyclic) bond motifs is 1. The molecule has 1 atom stereocenters. The van der Waals surface area contributed by atoms with Gasteiger partial charge in [-0.3, -0.25) is 0 Å². The predicted molar refractivity (Wildman–Crippen MR) is 76.6 cm³/mol. The second-order valence-corrected chi connectivity index (χ2v) is 7.75. The quantitative estimate of drug-likeness (QED) is 0.792. The van der Waals surface area contributed by atoms with E-state index in [4.69, 9.17) is 23.2 Å². The summed E-state index contributed by atoms with van der Waals surface area (Å²) in [6.45, 7) is 0. The van der Waals surface area contributed by atoms with Crippen molar-refractivity contribution in [3.8, 4) is 0 Å². The number of imidazole rings is 1. The van der Waals surface area contributed by atoms with Crippen molar-refractivity contribution >= 4 is 44.1 Å². The smallest absolute Gasteiger partial charge is 0.152 e. The van der Waals surface area contributed by atoms with E-state index in [1.807, 2.05) is 0 Å². The molecule has 2 heterocycles. The summed E-state index contributed by atoms with van der Waals surface area (Å²) in [7, 11) is -3.03. The van der Waals surface area contributed by atoms with E-state index in [-0.39, 0.29) is 28.5 Å². The molecule has 1 aliphatic heterocycles. The third kappa shape index (κ3) is 2.29. The number of halogens is 3. The summed E-state index contributed by atoms with van der Waals surface area (Å²) in [6.07, 6.45) is 0.507. The molecule has 0 N–H and O–H groups in total. The van der Waals surface area contributed by atoms with Crippen molar-refractivity contribution < 1.29 is 12.8 Å². The second-order valence-electron chi connectivity index (χ2n) is 4.84. The Balaban J connectivity index is 2.20. The van der Waals surface area contributed by atoms with Crippen LogP contribution in [-0.2, 0) is 15.7 Å². The monoisotopic (exact) mass is 336 g/mol. The van der Waals surface area contributed by atoms with Crippen molar-refractivity contribution in [3.05, 3.63) is 28.8 Å². The molecule has 1 saturated heterocycles. The zero-order valence-electron chi connectivity index (χ0n) is 10.3. The molecule has 1 aromatic carbocycles. The molecule has 4 nitrogen and oxygen atoms in total. The molecule has 1 unspecified atom stereocenters. The van der Waals surface area contributed by atoms with Crippen LogP contribution in [0, 0.1) is 5.82 Å². The summed E-state index contributed by atoms with van der Waals surface area (Å²) in [4.78, 5) is 4.26. The van der Waals surface area contributed by atoms with Crippen LogP contribution in [0.1, 0.15) is 18.3 Å². The molecule has 1 aromatic heterocycles. The van der Waals surface area contributed by atoms with Gasteiger partial charge in [-0.05, 0) is 12.5 Å². The van der Waals surface area contributed by atoms with Crippen molar-refractivity contribution in [1.82, 2.24) is 9.55 Å². The van der Waals surface area contributed by atoms with Crippen molar-refractivity contribution in [2.75, 3.05) is 11.5 Å². The first-order valence-electron chi connectivity index (χ1n) is 6.03. The SMILES string of the molecule is O=S1(=O)CCC(n2c(CCl)nc3cc(F)c(Cl)cc32)C1. The van der Waals surface area contributed by atoms with Gasteiger partial charge in [0.2, 0.25) is 0 Å². The van der Waals surface area contributed by atoms with Gasteiger partial charge in [0.25, 0.3) is 0 Å². The van der Waals surface area contributed by atoms with E-state index in [0.717, 1.165) is 0 Å². The molecule has 0 aliphatic carbocycles. The lowest BCUT2D eigenvalue weighted by Gasteiger charge is -2.14. The van der Waals surface area contributed by atoms with E-state index >= 15 is 0 Å². The summed E-state index contributed by atoms with van der Waals surface area (Å²) in [6, 6.07) is 2.49. The molecule has 8 heteroatoms. The van der Waals surface area contributed by atoms with Crippen LogP contribution in [0.25, 0.3) is 11.0 Å². The molecule has 0 spiro atoms. The molecule has 0 saturated carbocycles. The van der Waals surface area contributed by atoms with Gasteiger partial charge < -0.3 is 4.57 Å². The summed E-state index contributed by atoms with van der Waals surface area (Å²) < 4.78 is 38.5. The van der Waals surface area contributed by atoms with E-state index < -0.39 is 15.7 Å². The lowest BCUT2D eigenvalue weighted by atomic mass is 10.2. The highest BCUT2D eigenvalue weighted by molar-refractivity contribution is 7.91. The summed E-state index contributed by atoms with van der Waals surface area (Å²) >= 11 is 11.7. The van der Waals surface area contributed by atoms with Gasteiger partial charge in [0.05, 0.1) is 39.5 Å². The average Bonchev–Trinajstić information content (AvgIpc) is 2.90. The first-order valence-corrected chi connectivity index (χ1v) is 8.77. The van der Waals surface area contributed by atoms with Gasteiger partial charge in [0, 0.05) is 6.07 Å². The minimum Gasteiger partial charge on any atom is -0.323 e. The standard InChI is InChI=1S/C12H11Cl2FN2O2S/c13-5-12-16-10-4-9(15)8(14)3-11(10)17(12)7-1-2-20(18,19)6-7/h3-4,7H,1-2,5-6H2. The number of sulfone groups is 1. The molecule has 0 amide bonds. The minimum absolute atomic E-state index is 0.0133. The largest absolute Gasteiger partial charge is 0.323 e. The molecule has 0 radical (unpaired) electrons. The van der Waals surface area contributed by atoms with Crippen LogP contribution in [0.2, 0.25) is 5.02 Å². The van der Waals surface area contributed by atoms with Crippen LogP contribution in [0.3, 0.4) is 0 Å². The van der Waals surface area contributed by atoms with Crippen LogP contribution >= 0.6 is 23.2 Å². The van der Waals surface area contributed by atoms with Crippen molar-refractivity contribution in [2.45, 2.75) is 18.3 Å². The fourth-order valence-corrected chi connectivity index (χ4v) is 4.67. The Labute approximate surface area is 125 Å². The second kappa shape index (κ2) is 4.86. The predicted octanol–water partition coefficient (Wildman–Crippen LogP) is 2.93. The van der Waals surface area contributed by atoms with Crippen LogP contribution in [0.4, 0.5) is 4.39 Å². The van der Waals surface area contributed by atoms with Crippen molar-refractivity contribution in [2.24, 2.45) is 0 Å². The normalized spacial score (nSPS) is 21.6. The van der Waals surface area contributed by atoms with Gasteiger partial charge in [-0.2, -0.15) is 0 Å². The molecule has 108 valence electrons. The third-order valence-electron chi connectivity index (χ3n) is 3.50. The van der Waals surface area contributed by atoms with E-state index in [1.165, 1.54) is 12.1 Å². The molecular formula is C12H11Cl2FN2O2S. The topological polar surface area (TPSA) is 52.0 Å². The maximum Gasteiger partial charge on any atom is 0.152 e. The molecule has 0 bridgehead atoms. The number of alkyl halides is 1. The maximum atomic E-state index is 13.5. The van der Waals surface area contributed by atoms with E-state index in [2.05, 4.69) is 4.98 Å². The highest BCUT2D eigenvalue weighted by Crippen LogP contribution is 2.32. The van der Waals surface area contributed by atoms with Gasteiger partial charge in [0.1, 0.15) is 11.6 Å². The Kier molecular flexibility index (Phi) is 3.43. The van der Waals surface area contributed by atoms with Crippen LogP contribution in [0.5, 0.6) is 0 Å². The molecule has 1 fully saturated rings. The van der Waals surface area contributed by atoms with Gasteiger partial charge in [0.15, 0.2) is 9.84 Å². The Bertz CT molecular complexity index is 788. The summed E-state index contributed by atoms with van der Waals surface area (Å²) in [5.74, 6) is 0.310. The average molecular weight is 337 g/mol. The Morgan fingerprint density at radius 3 is 2.80 bits per heavy atom. The summed E-state index contributed by atoms with van der Waals surface area (Å²) in [5.41, 5.74) is 1.06. The Morgan fingerprint density at radius 1 is 1.45 bits per heavy atom. The number of hydrogen-bond donors (Lipinski definition) is 0. The lowest BCUT2D eigenvalue weighted by Crippen LogP contribution is -2.13. The Morgan fingerprint density at radius 2 is 2.20 bits per heavy atom. The number of aromatic nitrogens is 2. The number of hydrogen-bond acceptors (Lipinski definition) is 3. The highest BCUT2D eigenvalue weighted by Gasteiger charge is 2.31. The third-order valence-corrected chi connectivity index (χ3v) is 5.78. The van der Waals surface area contributed by atoms with E-state index in [0.29, 0.717) is 23.3 Å². The van der Waals surface area contributed by atoms with Gasteiger partial charge >= 0.3 is 0 Å². The molecule has 20 heavy (non-hydrogen) atoms. The first-order chi connectivity index (χ1) is 9.41. The van der Waals surface area contributed by atoms with Gasteiger partial charge in [-0.25, -0.2) is 17.8 Å². The van der Waals surface area contributed by atoms with Crippen LogP contribution in [0.15, 0.2) is 12.1 Å². The minimum atomic E-state index is -3.03. The fourth-order valence-electron chi connectivity index (χ4n) is 2.62. The molecule has 1 aliphatic rings. The zero-order chi connectivity index (χ0) is 14.5. The highest BCUT2D eigenvalue weighted by atomic mass is 35.5. The number of nitrogens with zero attached hydrogens (tertiary/aromatic N) is 2. The Hall–Kier alpha value is -0.850. The number of benzene rings is 1. The van der Waals surface area contributed by atoms with Gasteiger partial charge in [-0.15, -0.1) is 11.6 Å². The van der Waals surface area contributed by atoms with Crippen molar-refractivity contribution in [3.63, 3.8) is 0 Å². The zero-order valence-corrected chi connectivity index (χ0v) is 12.6. The molecule has 3 rings (SSSR count). The van der Waals surface area contributed by atoms with E-state index in [1.54, 1.807) is 4.57 Å². The first kappa shape index (κ1) is 14.1. The van der Waals surface area contributed by atoms with Crippen LogP contribution < -0.4 is 0 Å².